The first kappa shape index (κ1) is 16.0. The van der Waals surface area contributed by atoms with Gasteiger partial charge in [0.2, 0.25) is 11.9 Å². The highest BCUT2D eigenvalue weighted by molar-refractivity contribution is 6.30. The van der Waals surface area contributed by atoms with E-state index in [2.05, 4.69) is 27.6 Å². The molecular formula is C16H20ClN5O. The Kier molecular flexibility index (Phi) is 4.93. The molecule has 2 atom stereocenters. The maximum atomic E-state index is 12.3. The number of benzene rings is 1. The van der Waals surface area contributed by atoms with E-state index in [0.29, 0.717) is 23.6 Å². The zero-order valence-electron chi connectivity index (χ0n) is 13.0. The van der Waals surface area contributed by atoms with Crippen molar-refractivity contribution in [2.75, 3.05) is 11.9 Å². The number of halogens is 1. The molecule has 1 aromatic heterocycles. The average Bonchev–Trinajstić information content (AvgIpc) is 2.96. The summed E-state index contributed by atoms with van der Waals surface area (Å²) >= 11 is 5.87. The Morgan fingerprint density at radius 1 is 1.43 bits per heavy atom. The lowest BCUT2D eigenvalue weighted by atomic mass is 9.92. The van der Waals surface area contributed by atoms with Crippen LogP contribution in [0.3, 0.4) is 0 Å². The molecule has 1 aromatic carbocycles. The summed E-state index contributed by atoms with van der Waals surface area (Å²) in [5, 5.41) is 11.2. The maximum Gasteiger partial charge on any atom is 0.248 e. The van der Waals surface area contributed by atoms with Gasteiger partial charge in [-0.15, -0.1) is 5.10 Å². The number of hydrogen-bond acceptors (Lipinski definition) is 4. The van der Waals surface area contributed by atoms with Gasteiger partial charge in [-0.05, 0) is 44.0 Å². The Morgan fingerprint density at radius 3 is 2.96 bits per heavy atom. The zero-order chi connectivity index (χ0) is 16.2. The fourth-order valence-corrected chi connectivity index (χ4v) is 2.91. The molecule has 0 aliphatic carbocycles. The molecule has 2 N–H and O–H groups in total. The fourth-order valence-electron chi connectivity index (χ4n) is 2.79. The molecule has 0 saturated carbocycles. The molecular weight excluding hydrogens is 314 g/mol. The Bertz CT molecular complexity index is 669. The second-order valence-corrected chi connectivity index (χ2v) is 6.39. The van der Waals surface area contributed by atoms with Crippen LogP contribution < -0.4 is 10.6 Å². The van der Waals surface area contributed by atoms with Crippen molar-refractivity contribution in [3.63, 3.8) is 0 Å². The van der Waals surface area contributed by atoms with Crippen LogP contribution in [-0.2, 0) is 11.3 Å². The van der Waals surface area contributed by atoms with E-state index in [9.17, 15) is 4.79 Å². The molecule has 1 aliphatic rings. The molecule has 2 aromatic rings. The number of hydrogen-bond donors (Lipinski definition) is 2. The molecule has 1 aliphatic heterocycles. The van der Waals surface area contributed by atoms with Crippen LogP contribution in [-0.4, -0.2) is 33.3 Å². The van der Waals surface area contributed by atoms with E-state index in [1.54, 1.807) is 11.0 Å². The lowest BCUT2D eigenvalue weighted by Crippen LogP contribution is -2.40. The van der Waals surface area contributed by atoms with Gasteiger partial charge in [-0.2, -0.15) is 0 Å². The van der Waals surface area contributed by atoms with Crippen LogP contribution in [0.15, 0.2) is 30.6 Å². The van der Waals surface area contributed by atoms with Crippen molar-refractivity contribution in [2.24, 2.45) is 5.92 Å². The minimum atomic E-state index is 0.00240. The van der Waals surface area contributed by atoms with Crippen LogP contribution in [0.1, 0.15) is 25.3 Å². The number of anilines is 1. The van der Waals surface area contributed by atoms with Crippen molar-refractivity contribution in [1.29, 1.82) is 0 Å². The molecule has 1 fully saturated rings. The standard InChI is InChI=1S/C16H20ClN5O/c1-11-8-13(6-7-18-11)15(23)20-16-19-10-22(21-16)9-12-2-4-14(17)5-3-12/h2-5,10-11,13,18H,6-9H2,1H3,(H,20,21,23)/t11-,13-/m0/s1. The summed E-state index contributed by atoms with van der Waals surface area (Å²) in [6, 6.07) is 7.94. The second kappa shape index (κ2) is 7.10. The molecule has 0 unspecified atom stereocenters. The van der Waals surface area contributed by atoms with Crippen LogP contribution in [0.5, 0.6) is 0 Å². The first-order valence-electron chi connectivity index (χ1n) is 7.78. The van der Waals surface area contributed by atoms with Gasteiger partial charge in [0, 0.05) is 17.0 Å². The predicted octanol–water partition coefficient (Wildman–Crippen LogP) is 2.31. The number of carbonyl (C=O) groups excluding carboxylic acids is 1. The van der Waals surface area contributed by atoms with Gasteiger partial charge in [-0.25, -0.2) is 9.67 Å². The first-order chi connectivity index (χ1) is 11.1. The summed E-state index contributed by atoms with van der Waals surface area (Å²) in [6.45, 7) is 3.56. The Morgan fingerprint density at radius 2 is 2.22 bits per heavy atom. The fraction of sp³-hybridized carbons (Fsp3) is 0.438. The summed E-state index contributed by atoms with van der Waals surface area (Å²) in [6.07, 6.45) is 3.31. The van der Waals surface area contributed by atoms with Gasteiger partial charge in [0.25, 0.3) is 0 Å². The largest absolute Gasteiger partial charge is 0.314 e. The molecule has 0 spiro atoms. The van der Waals surface area contributed by atoms with Gasteiger partial charge in [0.1, 0.15) is 6.33 Å². The predicted molar refractivity (Wildman–Crippen MR) is 89.4 cm³/mol. The van der Waals surface area contributed by atoms with Crippen LogP contribution in [0.4, 0.5) is 5.95 Å². The quantitative estimate of drug-likeness (QED) is 0.900. The number of nitrogens with zero attached hydrogens (tertiary/aromatic N) is 3. The van der Waals surface area contributed by atoms with E-state index < -0.39 is 0 Å². The topological polar surface area (TPSA) is 71.8 Å². The van der Waals surface area contributed by atoms with Crippen LogP contribution in [0.2, 0.25) is 5.02 Å². The maximum absolute atomic E-state index is 12.3. The van der Waals surface area contributed by atoms with E-state index in [0.717, 1.165) is 24.9 Å². The molecule has 0 radical (unpaired) electrons. The number of amides is 1. The Hall–Kier alpha value is -1.92. The van der Waals surface area contributed by atoms with Crippen LogP contribution >= 0.6 is 11.6 Å². The molecule has 0 bridgehead atoms. The monoisotopic (exact) mass is 333 g/mol. The van der Waals surface area contributed by atoms with Gasteiger partial charge < -0.3 is 5.32 Å². The smallest absolute Gasteiger partial charge is 0.248 e. The van der Waals surface area contributed by atoms with E-state index in [1.807, 2.05) is 24.3 Å². The molecule has 1 saturated heterocycles. The van der Waals surface area contributed by atoms with E-state index in [1.165, 1.54) is 0 Å². The summed E-state index contributed by atoms with van der Waals surface area (Å²) in [7, 11) is 0. The summed E-state index contributed by atoms with van der Waals surface area (Å²) in [5.41, 5.74) is 1.07. The Labute approximate surface area is 140 Å². The van der Waals surface area contributed by atoms with Crippen molar-refractivity contribution in [3.05, 3.63) is 41.2 Å². The van der Waals surface area contributed by atoms with Crippen molar-refractivity contribution >= 4 is 23.5 Å². The molecule has 122 valence electrons. The highest BCUT2D eigenvalue weighted by atomic mass is 35.5. The lowest BCUT2D eigenvalue weighted by Gasteiger charge is -2.26. The Balaban J connectivity index is 1.58. The number of piperidine rings is 1. The van der Waals surface area contributed by atoms with E-state index in [4.69, 9.17) is 11.6 Å². The molecule has 1 amide bonds. The highest BCUT2D eigenvalue weighted by Crippen LogP contribution is 2.17. The van der Waals surface area contributed by atoms with E-state index >= 15 is 0 Å². The third-order valence-electron chi connectivity index (χ3n) is 4.02. The summed E-state index contributed by atoms with van der Waals surface area (Å²) in [5.74, 6) is 0.382. The molecule has 6 nitrogen and oxygen atoms in total. The van der Waals surface area contributed by atoms with Crippen molar-refractivity contribution in [1.82, 2.24) is 20.1 Å². The molecule has 7 heteroatoms. The number of rotatable bonds is 4. The second-order valence-electron chi connectivity index (χ2n) is 5.96. The highest BCUT2D eigenvalue weighted by Gasteiger charge is 2.25. The molecule has 2 heterocycles. The van der Waals surface area contributed by atoms with Gasteiger partial charge in [0.15, 0.2) is 0 Å². The van der Waals surface area contributed by atoms with Crippen molar-refractivity contribution in [2.45, 2.75) is 32.4 Å². The van der Waals surface area contributed by atoms with Gasteiger partial charge in [0.05, 0.1) is 6.54 Å². The summed E-state index contributed by atoms with van der Waals surface area (Å²) in [4.78, 5) is 16.4. The minimum Gasteiger partial charge on any atom is -0.314 e. The molecule has 3 rings (SSSR count). The number of nitrogens with one attached hydrogen (secondary N) is 2. The van der Waals surface area contributed by atoms with Gasteiger partial charge in [-0.3, -0.25) is 10.1 Å². The number of aromatic nitrogens is 3. The third kappa shape index (κ3) is 4.30. The van der Waals surface area contributed by atoms with Gasteiger partial charge in [-0.1, -0.05) is 23.7 Å². The zero-order valence-corrected chi connectivity index (χ0v) is 13.8. The molecule has 23 heavy (non-hydrogen) atoms. The normalized spacial score (nSPS) is 21.1. The minimum absolute atomic E-state index is 0.00240. The summed E-state index contributed by atoms with van der Waals surface area (Å²) < 4.78 is 1.70. The van der Waals surface area contributed by atoms with Gasteiger partial charge >= 0.3 is 0 Å². The average molecular weight is 334 g/mol. The van der Waals surface area contributed by atoms with Crippen LogP contribution in [0.25, 0.3) is 0 Å². The number of carbonyl (C=O) groups is 1. The van der Waals surface area contributed by atoms with Crippen LogP contribution in [0, 0.1) is 5.92 Å². The first-order valence-corrected chi connectivity index (χ1v) is 8.16. The third-order valence-corrected chi connectivity index (χ3v) is 4.28. The van der Waals surface area contributed by atoms with Crippen molar-refractivity contribution in [3.8, 4) is 0 Å². The van der Waals surface area contributed by atoms with E-state index in [-0.39, 0.29) is 11.8 Å². The van der Waals surface area contributed by atoms with Crippen molar-refractivity contribution < 1.29 is 4.79 Å². The lowest BCUT2D eigenvalue weighted by molar-refractivity contribution is -0.120. The SMILES string of the molecule is C[C@H]1C[C@@H](C(=O)Nc2ncn(Cc3ccc(Cl)cc3)n2)CCN1.